The number of alkyl carbamates (subject to hydrolysis) is 2. The Balaban J connectivity index is 1.72. The Morgan fingerprint density at radius 1 is 1.10 bits per heavy atom. The van der Waals surface area contributed by atoms with Gasteiger partial charge in [0.2, 0.25) is 11.8 Å². The quantitative estimate of drug-likeness (QED) is 0.590. The molecule has 2 aromatic rings. The highest BCUT2D eigenvalue weighted by atomic mass is 16.6. The van der Waals surface area contributed by atoms with Crippen molar-refractivity contribution >= 4 is 12.2 Å². The van der Waals surface area contributed by atoms with Gasteiger partial charge in [0.05, 0.1) is 0 Å². The Morgan fingerprint density at radius 3 is 2.47 bits per heavy atom. The van der Waals surface area contributed by atoms with Gasteiger partial charge in [0.25, 0.3) is 0 Å². The number of aryl methyl sites for hydroxylation is 1. The third kappa shape index (κ3) is 8.93. The van der Waals surface area contributed by atoms with Crippen LogP contribution in [0.3, 0.4) is 0 Å². The third-order valence-corrected chi connectivity index (χ3v) is 3.93. The van der Waals surface area contributed by atoms with Crippen molar-refractivity contribution in [2.24, 2.45) is 0 Å². The van der Waals surface area contributed by atoms with Crippen molar-refractivity contribution in [1.29, 1.82) is 0 Å². The van der Waals surface area contributed by atoms with Crippen LogP contribution < -0.4 is 10.6 Å². The second-order valence-corrected chi connectivity index (χ2v) is 7.84. The molecule has 0 aliphatic rings. The molecule has 9 nitrogen and oxygen atoms in total. The highest BCUT2D eigenvalue weighted by Crippen LogP contribution is 2.19. The highest BCUT2D eigenvalue weighted by molar-refractivity contribution is 5.68. The maximum atomic E-state index is 12.1. The summed E-state index contributed by atoms with van der Waals surface area (Å²) in [7, 11) is 0. The van der Waals surface area contributed by atoms with Gasteiger partial charge in [-0.15, -0.1) is 10.2 Å². The van der Waals surface area contributed by atoms with E-state index in [-0.39, 0.29) is 6.61 Å². The number of carbonyl (C=O) groups excluding carboxylic acids is 2. The molecule has 30 heavy (non-hydrogen) atoms. The van der Waals surface area contributed by atoms with Gasteiger partial charge in [-0.25, -0.2) is 9.59 Å². The number of nitrogens with zero attached hydrogens (tertiary/aromatic N) is 2. The molecular weight excluding hydrogens is 388 g/mol. The molecule has 1 aromatic heterocycles. The van der Waals surface area contributed by atoms with Gasteiger partial charge in [0, 0.05) is 13.5 Å². The van der Waals surface area contributed by atoms with Crippen LogP contribution in [-0.4, -0.2) is 34.5 Å². The van der Waals surface area contributed by atoms with Gasteiger partial charge < -0.3 is 24.5 Å². The summed E-state index contributed by atoms with van der Waals surface area (Å²) in [5.41, 5.74) is 0.322. The van der Waals surface area contributed by atoms with Crippen molar-refractivity contribution in [1.82, 2.24) is 20.8 Å². The highest BCUT2D eigenvalue weighted by Gasteiger charge is 2.23. The van der Waals surface area contributed by atoms with Crippen molar-refractivity contribution < 1.29 is 23.5 Å². The minimum Gasteiger partial charge on any atom is -0.445 e. The van der Waals surface area contributed by atoms with Crippen molar-refractivity contribution in [2.45, 2.75) is 65.2 Å². The number of ether oxygens (including phenoxy) is 2. The molecule has 1 aromatic carbocycles. The fourth-order valence-corrected chi connectivity index (χ4v) is 2.60. The molecule has 0 saturated carbocycles. The van der Waals surface area contributed by atoms with E-state index in [1.807, 2.05) is 30.3 Å². The zero-order chi connectivity index (χ0) is 22.0. The molecule has 0 saturated heterocycles. The van der Waals surface area contributed by atoms with Crippen LogP contribution in [0, 0.1) is 6.92 Å². The molecule has 0 aliphatic carbocycles. The second-order valence-electron chi connectivity index (χ2n) is 7.84. The number of rotatable bonds is 9. The molecule has 9 heteroatoms. The second kappa shape index (κ2) is 11.2. The van der Waals surface area contributed by atoms with Gasteiger partial charge in [0.1, 0.15) is 18.2 Å². The van der Waals surface area contributed by atoms with Crippen LogP contribution in [0.5, 0.6) is 0 Å². The number of hydrogen-bond acceptors (Lipinski definition) is 7. The summed E-state index contributed by atoms with van der Waals surface area (Å²) in [5, 5.41) is 13.3. The van der Waals surface area contributed by atoms with Crippen LogP contribution in [0.1, 0.15) is 63.4 Å². The zero-order valence-electron chi connectivity index (χ0n) is 17.9. The zero-order valence-corrected chi connectivity index (χ0v) is 17.9. The number of aromatic nitrogens is 2. The normalized spacial score (nSPS) is 12.1. The monoisotopic (exact) mass is 418 g/mol. The molecule has 0 bridgehead atoms. The summed E-state index contributed by atoms with van der Waals surface area (Å²) in [6.07, 6.45) is 0.948. The van der Waals surface area contributed by atoms with E-state index < -0.39 is 23.8 Å². The molecule has 2 amide bonds. The summed E-state index contributed by atoms with van der Waals surface area (Å²) in [4.78, 5) is 23.9. The van der Waals surface area contributed by atoms with Crippen LogP contribution in [0.4, 0.5) is 9.59 Å². The Bertz CT molecular complexity index is 801. The molecule has 0 spiro atoms. The number of carbonyl (C=O) groups is 2. The molecule has 0 aliphatic heterocycles. The lowest BCUT2D eigenvalue weighted by Gasteiger charge is -2.22. The van der Waals surface area contributed by atoms with E-state index in [9.17, 15) is 9.59 Å². The van der Waals surface area contributed by atoms with E-state index >= 15 is 0 Å². The molecule has 0 unspecified atom stereocenters. The van der Waals surface area contributed by atoms with E-state index in [2.05, 4.69) is 20.8 Å². The third-order valence-electron chi connectivity index (χ3n) is 3.93. The first-order valence-corrected chi connectivity index (χ1v) is 9.97. The van der Waals surface area contributed by atoms with Crippen LogP contribution in [-0.2, 0) is 16.1 Å². The lowest BCUT2D eigenvalue weighted by molar-refractivity contribution is 0.0491. The number of unbranched alkanes of at least 4 members (excludes halogenated alkanes) is 1. The smallest absolute Gasteiger partial charge is 0.408 e. The van der Waals surface area contributed by atoms with Crippen LogP contribution in [0.2, 0.25) is 0 Å². The van der Waals surface area contributed by atoms with E-state index in [0.717, 1.165) is 5.56 Å². The Morgan fingerprint density at radius 2 is 1.83 bits per heavy atom. The fourth-order valence-electron chi connectivity index (χ4n) is 2.60. The van der Waals surface area contributed by atoms with Gasteiger partial charge in [-0.05, 0) is 45.6 Å². The number of benzene rings is 1. The average molecular weight is 418 g/mol. The minimum atomic E-state index is -0.608. The van der Waals surface area contributed by atoms with E-state index in [4.69, 9.17) is 13.9 Å². The summed E-state index contributed by atoms with van der Waals surface area (Å²) in [6.45, 7) is 7.75. The topological polar surface area (TPSA) is 116 Å². The Kier molecular flexibility index (Phi) is 8.64. The van der Waals surface area contributed by atoms with Gasteiger partial charge in [-0.1, -0.05) is 30.3 Å². The van der Waals surface area contributed by atoms with Crippen LogP contribution in [0.15, 0.2) is 34.7 Å². The van der Waals surface area contributed by atoms with Crippen molar-refractivity contribution in [3.8, 4) is 0 Å². The van der Waals surface area contributed by atoms with Crippen LogP contribution in [0.25, 0.3) is 0 Å². The average Bonchev–Trinajstić information content (AvgIpc) is 3.11. The largest absolute Gasteiger partial charge is 0.445 e. The van der Waals surface area contributed by atoms with Crippen LogP contribution >= 0.6 is 0 Å². The molecule has 0 radical (unpaired) electrons. The first-order valence-electron chi connectivity index (χ1n) is 9.97. The first-order chi connectivity index (χ1) is 14.2. The van der Waals surface area contributed by atoms with Gasteiger partial charge in [0.15, 0.2) is 0 Å². The van der Waals surface area contributed by atoms with Gasteiger partial charge in [-0.3, -0.25) is 0 Å². The van der Waals surface area contributed by atoms with E-state index in [0.29, 0.717) is 37.6 Å². The predicted octanol–water partition coefficient (Wildman–Crippen LogP) is 4.04. The standard InChI is InChI=1S/C21H30N4O5/c1-15-24-25-18(29-15)17(23-20(27)30-21(2,3)4)12-8-9-13-22-19(26)28-14-16-10-6-5-7-11-16/h5-7,10-11,17H,8-9,12-14H2,1-4H3,(H,22,26)(H,23,27)/t17-/m0/s1. The minimum absolute atomic E-state index is 0.227. The first kappa shape index (κ1) is 23.2. The molecular formula is C21H30N4O5. The summed E-state index contributed by atoms with van der Waals surface area (Å²) in [6, 6.07) is 9.01. The van der Waals surface area contributed by atoms with E-state index in [1.165, 1.54) is 0 Å². The van der Waals surface area contributed by atoms with Crippen molar-refractivity contribution in [3.63, 3.8) is 0 Å². The Labute approximate surface area is 176 Å². The maximum Gasteiger partial charge on any atom is 0.408 e. The lowest BCUT2D eigenvalue weighted by atomic mass is 10.1. The predicted molar refractivity (Wildman–Crippen MR) is 110 cm³/mol. The molecule has 0 fully saturated rings. The van der Waals surface area contributed by atoms with E-state index in [1.54, 1.807) is 27.7 Å². The van der Waals surface area contributed by atoms with Gasteiger partial charge in [-0.2, -0.15) is 0 Å². The number of amides is 2. The maximum absolute atomic E-state index is 12.1. The van der Waals surface area contributed by atoms with Crippen molar-refractivity contribution in [3.05, 3.63) is 47.7 Å². The molecule has 164 valence electrons. The molecule has 2 N–H and O–H groups in total. The lowest BCUT2D eigenvalue weighted by Crippen LogP contribution is -2.35. The van der Waals surface area contributed by atoms with Crippen molar-refractivity contribution in [2.75, 3.05) is 6.54 Å². The summed E-state index contributed by atoms with van der Waals surface area (Å²) in [5.74, 6) is 0.748. The van der Waals surface area contributed by atoms with Gasteiger partial charge >= 0.3 is 12.2 Å². The summed E-state index contributed by atoms with van der Waals surface area (Å²) >= 11 is 0. The molecule has 1 heterocycles. The number of hydrogen-bond donors (Lipinski definition) is 2. The molecule has 2 rings (SSSR count). The molecule has 1 atom stereocenters. The fraction of sp³-hybridized carbons (Fsp3) is 0.524. The summed E-state index contributed by atoms with van der Waals surface area (Å²) < 4.78 is 15.9. The Hall–Kier alpha value is -3.10. The number of nitrogens with one attached hydrogen (secondary N) is 2. The SMILES string of the molecule is Cc1nnc([C@H](CCCCNC(=O)OCc2ccccc2)NC(=O)OC(C)(C)C)o1.